The number of nitrogens with zero attached hydrogens (tertiary/aromatic N) is 2. The van der Waals surface area contributed by atoms with Crippen LogP contribution in [0.2, 0.25) is 0 Å². The summed E-state index contributed by atoms with van der Waals surface area (Å²) in [5.41, 5.74) is 5.40. The van der Waals surface area contributed by atoms with Crippen LogP contribution < -0.4 is 5.73 Å². The van der Waals surface area contributed by atoms with E-state index in [4.69, 9.17) is 5.73 Å². The maximum absolute atomic E-state index is 5.40. The lowest BCUT2D eigenvalue weighted by molar-refractivity contribution is 0.768. The molecule has 66 valence electrons. The van der Waals surface area contributed by atoms with Gasteiger partial charge in [-0.3, -0.25) is 5.10 Å². The van der Waals surface area contributed by atoms with Gasteiger partial charge in [0.05, 0.1) is 0 Å². The van der Waals surface area contributed by atoms with Crippen molar-refractivity contribution >= 4 is 11.8 Å². The molecule has 0 aromatic carbocycles. The molecular weight excluding hydrogens is 172 g/mol. The molecule has 2 heterocycles. The minimum atomic E-state index is 0.581. The molecule has 4 nitrogen and oxygen atoms in total. The predicted octanol–water partition coefficient (Wildman–Crippen LogP) is 0.136. The molecule has 0 radical (unpaired) electrons. The fourth-order valence-corrected chi connectivity index (χ4v) is 1.90. The molecule has 2 rings (SSSR count). The molecule has 0 spiro atoms. The first kappa shape index (κ1) is 8.07. The number of thioether (sulfide) groups is 1. The molecular formula is C7H12N4S. The third-order valence-corrected chi connectivity index (χ3v) is 3.21. The van der Waals surface area contributed by atoms with Crippen LogP contribution in [0.25, 0.3) is 0 Å². The van der Waals surface area contributed by atoms with Gasteiger partial charge in [0.15, 0.2) is 5.82 Å². The van der Waals surface area contributed by atoms with E-state index in [0.29, 0.717) is 12.5 Å². The molecule has 0 unspecified atom stereocenters. The van der Waals surface area contributed by atoms with Crippen molar-refractivity contribution in [3.63, 3.8) is 0 Å². The fraction of sp³-hybridized carbons (Fsp3) is 0.714. The molecule has 0 atom stereocenters. The Hall–Kier alpha value is -0.550. The first-order valence-electron chi connectivity index (χ1n) is 4.09. The van der Waals surface area contributed by atoms with Crippen LogP contribution in [-0.4, -0.2) is 33.2 Å². The number of rotatable bonds is 3. The number of aromatic nitrogens is 3. The van der Waals surface area contributed by atoms with Crippen LogP contribution in [0.3, 0.4) is 0 Å². The van der Waals surface area contributed by atoms with Crippen molar-refractivity contribution in [3.8, 4) is 0 Å². The van der Waals surface area contributed by atoms with Gasteiger partial charge in [0.2, 0.25) is 0 Å². The van der Waals surface area contributed by atoms with Crippen molar-refractivity contribution in [1.82, 2.24) is 15.2 Å². The van der Waals surface area contributed by atoms with E-state index >= 15 is 0 Å². The van der Waals surface area contributed by atoms with Gasteiger partial charge in [0, 0.05) is 23.8 Å². The van der Waals surface area contributed by atoms with Crippen LogP contribution >= 0.6 is 11.8 Å². The van der Waals surface area contributed by atoms with Crippen molar-refractivity contribution < 1.29 is 0 Å². The minimum absolute atomic E-state index is 0.581. The average Bonchev–Trinajstić information content (AvgIpc) is 2.34. The van der Waals surface area contributed by atoms with E-state index in [0.717, 1.165) is 18.1 Å². The monoisotopic (exact) mass is 184 g/mol. The molecule has 1 aliphatic heterocycles. The van der Waals surface area contributed by atoms with E-state index in [2.05, 4.69) is 15.2 Å². The summed E-state index contributed by atoms with van der Waals surface area (Å²) in [6, 6.07) is 0. The Morgan fingerprint density at radius 3 is 3.00 bits per heavy atom. The van der Waals surface area contributed by atoms with E-state index in [-0.39, 0.29) is 0 Å². The van der Waals surface area contributed by atoms with E-state index in [1.807, 2.05) is 11.8 Å². The number of nitrogens with one attached hydrogen (secondary N) is 1. The molecule has 0 bridgehead atoms. The highest BCUT2D eigenvalue weighted by Gasteiger charge is 2.23. The van der Waals surface area contributed by atoms with Crippen LogP contribution in [-0.2, 0) is 6.42 Å². The van der Waals surface area contributed by atoms with Gasteiger partial charge in [-0.05, 0) is 6.54 Å². The molecule has 0 amide bonds. The van der Waals surface area contributed by atoms with Gasteiger partial charge in [-0.15, -0.1) is 0 Å². The van der Waals surface area contributed by atoms with Gasteiger partial charge in [0.25, 0.3) is 0 Å². The summed E-state index contributed by atoms with van der Waals surface area (Å²) in [4.78, 5) is 4.36. The summed E-state index contributed by atoms with van der Waals surface area (Å²) in [6.45, 7) is 0.633. The molecule has 0 saturated carbocycles. The largest absolute Gasteiger partial charge is 0.330 e. The van der Waals surface area contributed by atoms with Crippen molar-refractivity contribution in [2.45, 2.75) is 12.3 Å². The Balaban J connectivity index is 2.02. The Labute approximate surface area is 75.3 Å². The Morgan fingerprint density at radius 2 is 2.42 bits per heavy atom. The van der Waals surface area contributed by atoms with E-state index < -0.39 is 0 Å². The minimum Gasteiger partial charge on any atom is -0.330 e. The summed E-state index contributed by atoms with van der Waals surface area (Å²) in [6.07, 6.45) is 0.798. The molecule has 1 aromatic heterocycles. The van der Waals surface area contributed by atoms with Gasteiger partial charge in [-0.1, -0.05) is 0 Å². The highest BCUT2D eigenvalue weighted by molar-refractivity contribution is 8.00. The van der Waals surface area contributed by atoms with Crippen LogP contribution in [0.4, 0.5) is 0 Å². The third-order valence-electron chi connectivity index (χ3n) is 1.93. The van der Waals surface area contributed by atoms with Crippen LogP contribution in [0.5, 0.6) is 0 Å². The maximum atomic E-state index is 5.40. The average molecular weight is 184 g/mol. The van der Waals surface area contributed by atoms with Crippen LogP contribution in [0, 0.1) is 0 Å². The van der Waals surface area contributed by atoms with E-state index in [9.17, 15) is 0 Å². The Morgan fingerprint density at radius 1 is 1.58 bits per heavy atom. The number of hydrogen-bond donors (Lipinski definition) is 2. The van der Waals surface area contributed by atoms with Crippen LogP contribution in [0.15, 0.2) is 0 Å². The van der Waals surface area contributed by atoms with Gasteiger partial charge in [-0.25, -0.2) is 4.98 Å². The maximum Gasteiger partial charge on any atom is 0.155 e. The summed E-state index contributed by atoms with van der Waals surface area (Å²) in [5, 5.41) is 7.06. The van der Waals surface area contributed by atoms with Crippen LogP contribution in [0.1, 0.15) is 17.6 Å². The van der Waals surface area contributed by atoms with Gasteiger partial charge in [0.1, 0.15) is 5.82 Å². The molecule has 1 aromatic rings. The van der Waals surface area contributed by atoms with Gasteiger partial charge >= 0.3 is 0 Å². The lowest BCUT2D eigenvalue weighted by Crippen LogP contribution is -2.17. The second-order valence-corrected chi connectivity index (χ2v) is 3.99. The predicted molar refractivity (Wildman–Crippen MR) is 49.2 cm³/mol. The Bertz CT molecular complexity index is 256. The lowest BCUT2D eigenvalue weighted by atomic mass is 10.2. The summed E-state index contributed by atoms with van der Waals surface area (Å²) < 4.78 is 0. The molecule has 0 aliphatic carbocycles. The summed E-state index contributed by atoms with van der Waals surface area (Å²) in [7, 11) is 0. The number of H-pyrrole nitrogens is 1. The number of hydrogen-bond acceptors (Lipinski definition) is 4. The topological polar surface area (TPSA) is 67.6 Å². The molecule has 12 heavy (non-hydrogen) atoms. The van der Waals surface area contributed by atoms with Crippen molar-refractivity contribution in [3.05, 3.63) is 11.6 Å². The number of aromatic amines is 1. The molecule has 1 saturated heterocycles. The normalized spacial score (nSPS) is 17.8. The highest BCUT2D eigenvalue weighted by Crippen LogP contribution is 2.31. The smallest absolute Gasteiger partial charge is 0.155 e. The lowest BCUT2D eigenvalue weighted by Gasteiger charge is -2.21. The third kappa shape index (κ3) is 1.47. The second-order valence-electron chi connectivity index (χ2n) is 2.91. The zero-order valence-corrected chi connectivity index (χ0v) is 7.60. The number of nitrogens with two attached hydrogens (primary N) is 1. The van der Waals surface area contributed by atoms with E-state index in [1.165, 1.54) is 11.5 Å². The summed E-state index contributed by atoms with van der Waals surface area (Å²) in [5.74, 6) is 4.80. The van der Waals surface area contributed by atoms with Crippen molar-refractivity contribution in [1.29, 1.82) is 0 Å². The highest BCUT2D eigenvalue weighted by atomic mass is 32.2. The van der Waals surface area contributed by atoms with E-state index in [1.54, 1.807) is 0 Å². The standard InChI is InChI=1S/C7H12N4S/c8-2-1-6-9-7(11-10-6)5-3-12-4-5/h5H,1-4,8H2,(H,9,10,11). The first-order valence-corrected chi connectivity index (χ1v) is 5.24. The molecule has 1 aliphatic rings. The Kier molecular flexibility index (Phi) is 2.32. The second kappa shape index (κ2) is 3.45. The van der Waals surface area contributed by atoms with Crippen molar-refractivity contribution in [2.75, 3.05) is 18.1 Å². The zero-order valence-electron chi connectivity index (χ0n) is 6.79. The zero-order chi connectivity index (χ0) is 8.39. The molecule has 5 heteroatoms. The molecule has 3 N–H and O–H groups in total. The van der Waals surface area contributed by atoms with Crippen molar-refractivity contribution in [2.24, 2.45) is 5.73 Å². The van der Waals surface area contributed by atoms with Gasteiger partial charge in [-0.2, -0.15) is 16.9 Å². The quantitative estimate of drug-likeness (QED) is 0.701. The summed E-state index contributed by atoms with van der Waals surface area (Å²) >= 11 is 1.94. The van der Waals surface area contributed by atoms with Gasteiger partial charge < -0.3 is 5.73 Å². The SMILES string of the molecule is NCCc1nc(C2CSC2)n[nH]1. The molecule has 1 fully saturated rings. The first-order chi connectivity index (χ1) is 5.90. The fourth-order valence-electron chi connectivity index (χ4n) is 1.13.